The van der Waals surface area contributed by atoms with Crippen LogP contribution in [0.25, 0.3) is 0 Å². The van der Waals surface area contributed by atoms with Crippen molar-refractivity contribution in [1.29, 1.82) is 0 Å². The van der Waals surface area contributed by atoms with Gasteiger partial charge in [-0.25, -0.2) is 9.59 Å². The highest BCUT2D eigenvalue weighted by atomic mass is 16.8. The summed E-state index contributed by atoms with van der Waals surface area (Å²) in [5.74, 6) is -3.50. The van der Waals surface area contributed by atoms with Gasteiger partial charge in [0, 0.05) is 17.9 Å². The summed E-state index contributed by atoms with van der Waals surface area (Å²) in [4.78, 5) is 39.1. The molecule has 30 atom stereocenters. The number of hydrogen-bond donors (Lipinski definition) is 13. The highest BCUT2D eigenvalue weighted by molar-refractivity contribution is 5.87. The molecule has 5 aliphatic carbocycles. The van der Waals surface area contributed by atoms with Gasteiger partial charge in [0.1, 0.15) is 98.2 Å². The molecule has 9 aliphatic rings. The number of ether oxygens (including phenoxy) is 10. The second kappa shape index (κ2) is 24.6. The van der Waals surface area contributed by atoms with Crippen molar-refractivity contribution in [2.24, 2.45) is 50.2 Å². The van der Waals surface area contributed by atoms with Crippen molar-refractivity contribution in [3.05, 3.63) is 23.3 Å². The number of fused-ring (bicyclic) bond motifs is 7. The molecular weight excluding hydrogens is 1140 g/mol. The van der Waals surface area contributed by atoms with Crippen LogP contribution in [-0.4, -0.2) is 245 Å². The van der Waals surface area contributed by atoms with E-state index in [1.54, 1.807) is 19.9 Å². The second-order valence-electron chi connectivity index (χ2n) is 28.1. The fourth-order valence-electron chi connectivity index (χ4n) is 17.2. The number of carboxylic acids is 1. The normalized spacial score (nSPS) is 50.9. The molecule has 9 rings (SSSR count). The van der Waals surface area contributed by atoms with E-state index in [-0.39, 0.29) is 24.9 Å². The third-order valence-corrected chi connectivity index (χ3v) is 22.6. The van der Waals surface area contributed by atoms with E-state index >= 15 is 0 Å². The zero-order valence-electron chi connectivity index (χ0n) is 50.9. The van der Waals surface area contributed by atoms with Gasteiger partial charge in [-0.3, -0.25) is 4.79 Å². The number of allylic oxidation sites excluding steroid dienone is 3. The van der Waals surface area contributed by atoms with Crippen LogP contribution in [0, 0.1) is 50.2 Å². The first-order valence-corrected chi connectivity index (χ1v) is 30.3. The highest BCUT2D eigenvalue weighted by Gasteiger charge is 2.73. The van der Waals surface area contributed by atoms with Crippen molar-refractivity contribution >= 4 is 17.9 Å². The Morgan fingerprint density at radius 2 is 1.31 bits per heavy atom. The van der Waals surface area contributed by atoms with E-state index in [0.717, 1.165) is 5.57 Å². The van der Waals surface area contributed by atoms with Crippen molar-refractivity contribution in [2.75, 3.05) is 19.8 Å². The van der Waals surface area contributed by atoms with Gasteiger partial charge in [0.15, 0.2) is 31.3 Å². The van der Waals surface area contributed by atoms with Crippen molar-refractivity contribution in [1.82, 2.24) is 0 Å². The standard InChI is InChI=1S/C60H94O26/c1-12-24(2)50(76)86-48-47(73)60(23-78-26(4)62)28(19-55(48,5)6)27-13-14-32-57(9)17-16-34(56(7,8)31(57)15-18-58(32,10)59(27,11)20-33(60)64)81-54-46(85-52-41(71)39(69)37(67)30(21-61)80-52)43(42(72)44(83-54)49(74)75)82-53-45(36(66)29(63)22-77-53)84-51-40(70)38(68)35(65)25(3)79-51/h12-13,25,28-48,51-54,61,63-73H,14-23H2,1-11H3,(H,74,75). The Morgan fingerprint density at radius 3 is 1.94 bits per heavy atom. The third-order valence-electron chi connectivity index (χ3n) is 22.6. The number of carboxylic acid groups (broad SMARTS) is 1. The average Bonchev–Trinajstić information content (AvgIpc) is 0.674. The summed E-state index contributed by atoms with van der Waals surface area (Å²) in [6, 6.07) is 0. The maximum atomic E-state index is 13.4. The van der Waals surface area contributed by atoms with Crippen molar-refractivity contribution < 1.29 is 128 Å². The minimum absolute atomic E-state index is 0.0105. The molecule has 4 saturated heterocycles. The van der Waals surface area contributed by atoms with Gasteiger partial charge in [0.2, 0.25) is 0 Å². The van der Waals surface area contributed by atoms with Crippen LogP contribution in [0.1, 0.15) is 121 Å². The zero-order valence-corrected chi connectivity index (χ0v) is 50.9. The number of carbonyl (C=O) groups excluding carboxylic acids is 2. The quantitative estimate of drug-likeness (QED) is 0.0438. The van der Waals surface area contributed by atoms with Crippen LogP contribution in [0.3, 0.4) is 0 Å². The molecule has 26 heteroatoms. The van der Waals surface area contributed by atoms with Gasteiger partial charge in [-0.1, -0.05) is 66.2 Å². The molecule has 4 aliphatic heterocycles. The molecule has 0 aromatic heterocycles. The first-order chi connectivity index (χ1) is 40.1. The monoisotopic (exact) mass is 1230 g/mol. The highest BCUT2D eigenvalue weighted by Crippen LogP contribution is 2.76. The van der Waals surface area contributed by atoms with Gasteiger partial charge >= 0.3 is 17.9 Å². The van der Waals surface area contributed by atoms with Crippen molar-refractivity contribution in [3.8, 4) is 0 Å². The zero-order chi connectivity index (χ0) is 63.5. The van der Waals surface area contributed by atoms with E-state index in [4.69, 9.17) is 47.4 Å². The first kappa shape index (κ1) is 67.5. The lowest BCUT2D eigenvalue weighted by molar-refractivity contribution is -0.400. The number of aliphatic hydroxyl groups excluding tert-OH is 12. The lowest BCUT2D eigenvalue weighted by Gasteiger charge is -2.72. The molecule has 86 heavy (non-hydrogen) atoms. The summed E-state index contributed by atoms with van der Waals surface area (Å²) >= 11 is 0. The van der Waals surface area contributed by atoms with Gasteiger partial charge < -0.3 is 114 Å². The number of aliphatic carboxylic acids is 1. The summed E-state index contributed by atoms with van der Waals surface area (Å²) in [7, 11) is 0. The summed E-state index contributed by atoms with van der Waals surface area (Å²) in [5, 5.41) is 146. The fraction of sp³-hybridized carbons (Fsp3) is 0.883. The van der Waals surface area contributed by atoms with Crippen LogP contribution in [0.5, 0.6) is 0 Å². The number of carbonyl (C=O) groups is 3. The van der Waals surface area contributed by atoms with Crippen molar-refractivity contribution in [3.63, 3.8) is 0 Å². The van der Waals surface area contributed by atoms with Crippen LogP contribution < -0.4 is 0 Å². The van der Waals surface area contributed by atoms with Crippen LogP contribution >= 0.6 is 0 Å². The molecule has 4 saturated carbocycles. The molecule has 0 aromatic carbocycles. The van der Waals surface area contributed by atoms with Gasteiger partial charge in [-0.05, 0) is 105 Å². The molecule has 0 spiro atoms. The Balaban J connectivity index is 1.04. The lowest BCUT2D eigenvalue weighted by atomic mass is 9.33. The van der Waals surface area contributed by atoms with E-state index in [1.165, 1.54) is 13.8 Å². The van der Waals surface area contributed by atoms with Crippen LogP contribution in [0.2, 0.25) is 0 Å². The second-order valence-corrected chi connectivity index (χ2v) is 28.1. The molecule has 13 N–H and O–H groups in total. The molecule has 30 unspecified atom stereocenters. The number of esters is 2. The van der Waals surface area contributed by atoms with Crippen LogP contribution in [0.4, 0.5) is 0 Å². The van der Waals surface area contributed by atoms with E-state index in [9.17, 15) is 80.8 Å². The first-order valence-electron chi connectivity index (χ1n) is 30.3. The molecule has 0 amide bonds. The molecule has 490 valence electrons. The number of hydrogen-bond acceptors (Lipinski definition) is 25. The Hall–Kier alpha value is -2.91. The van der Waals surface area contributed by atoms with E-state index < -0.39 is 211 Å². The summed E-state index contributed by atoms with van der Waals surface area (Å²) < 4.78 is 60.8. The summed E-state index contributed by atoms with van der Waals surface area (Å²) in [6.07, 6.45) is -32.1. The van der Waals surface area contributed by atoms with Crippen molar-refractivity contribution in [2.45, 2.75) is 262 Å². The topological polar surface area (TPSA) is 407 Å². The fourth-order valence-corrected chi connectivity index (χ4v) is 17.2. The molecule has 0 radical (unpaired) electrons. The largest absolute Gasteiger partial charge is 0.479 e. The van der Waals surface area contributed by atoms with E-state index in [0.29, 0.717) is 44.1 Å². The SMILES string of the molecule is CC=C(C)C(=O)OC1C(O)C2(COC(C)=O)C(O)CC3(C)C(=CCC4C5(C)CCC(OC6OC(C(=O)O)C(O)C(OC7OCC(O)C(O)C7OC7OC(C)C(O)C(O)C7O)C6OC6OC(CO)C(O)C(O)C6O)C(C)(C)C5CCC43C)C2CC1(C)C. The lowest BCUT2D eigenvalue weighted by Crippen LogP contribution is -2.72. The molecular formula is C60H94O26. The maximum Gasteiger partial charge on any atom is 0.335 e. The number of aliphatic hydroxyl groups is 12. The summed E-state index contributed by atoms with van der Waals surface area (Å²) in [6.45, 7) is 18.8. The molecule has 4 heterocycles. The number of rotatable bonds is 14. The molecule has 8 fully saturated rings. The molecule has 0 aromatic rings. The minimum Gasteiger partial charge on any atom is -0.479 e. The Morgan fingerprint density at radius 1 is 0.686 bits per heavy atom. The minimum atomic E-state index is -2.21. The molecule has 0 bridgehead atoms. The third kappa shape index (κ3) is 11.1. The van der Waals surface area contributed by atoms with Crippen LogP contribution in [0.15, 0.2) is 23.3 Å². The Kier molecular flexibility index (Phi) is 19.3. The van der Waals surface area contributed by atoms with Gasteiger partial charge in [0.25, 0.3) is 0 Å². The Bertz CT molecular complexity index is 2530. The molecule has 26 nitrogen and oxygen atoms in total. The maximum absolute atomic E-state index is 13.4. The smallest absolute Gasteiger partial charge is 0.335 e. The van der Waals surface area contributed by atoms with Gasteiger partial charge in [-0.2, -0.15) is 0 Å². The predicted molar refractivity (Wildman–Crippen MR) is 293 cm³/mol. The van der Waals surface area contributed by atoms with Crippen LogP contribution in [-0.2, 0) is 61.8 Å². The predicted octanol–water partition coefficient (Wildman–Crippen LogP) is -0.803. The van der Waals surface area contributed by atoms with Gasteiger partial charge in [-0.15, -0.1) is 0 Å². The van der Waals surface area contributed by atoms with Gasteiger partial charge in [0.05, 0.1) is 36.9 Å². The van der Waals surface area contributed by atoms with E-state index in [1.807, 2.05) is 27.7 Å². The summed E-state index contributed by atoms with van der Waals surface area (Å²) in [5.41, 5.74) is -3.18. The Labute approximate surface area is 500 Å². The van der Waals surface area contributed by atoms with E-state index in [2.05, 4.69) is 26.8 Å². The average molecular weight is 1230 g/mol.